The Morgan fingerprint density at radius 1 is 1.38 bits per heavy atom. The lowest BCUT2D eigenvalue weighted by atomic mass is 10.0. The van der Waals surface area contributed by atoms with Crippen molar-refractivity contribution in [3.8, 4) is 5.75 Å². The summed E-state index contributed by atoms with van der Waals surface area (Å²) in [7, 11) is 3.46. The monoisotopic (exact) mass is 294 g/mol. The van der Waals surface area contributed by atoms with Crippen LogP contribution in [0.4, 0.5) is 5.69 Å². The number of benzene rings is 1. The molecule has 0 radical (unpaired) electrons. The Morgan fingerprint density at radius 2 is 2.24 bits per heavy atom. The first-order valence-corrected chi connectivity index (χ1v) is 7.02. The van der Waals surface area contributed by atoms with Crippen molar-refractivity contribution < 1.29 is 19.0 Å². The van der Waals surface area contributed by atoms with Gasteiger partial charge in [-0.1, -0.05) is 6.07 Å². The summed E-state index contributed by atoms with van der Waals surface area (Å²) < 4.78 is 15.8. The second-order valence-corrected chi connectivity index (χ2v) is 4.90. The van der Waals surface area contributed by atoms with Gasteiger partial charge in [0.25, 0.3) is 0 Å². The summed E-state index contributed by atoms with van der Waals surface area (Å²) in [4.78, 5) is 12.3. The molecule has 1 aliphatic rings. The molecule has 2 unspecified atom stereocenters. The van der Waals surface area contributed by atoms with Gasteiger partial charge in [-0.15, -0.1) is 0 Å². The van der Waals surface area contributed by atoms with Gasteiger partial charge >= 0.3 is 0 Å². The van der Waals surface area contributed by atoms with Gasteiger partial charge in [0.2, 0.25) is 5.91 Å². The van der Waals surface area contributed by atoms with E-state index in [1.165, 1.54) is 0 Å². The van der Waals surface area contributed by atoms with Gasteiger partial charge in [0.1, 0.15) is 12.4 Å². The fourth-order valence-corrected chi connectivity index (χ4v) is 2.24. The third kappa shape index (κ3) is 4.42. The predicted octanol–water partition coefficient (Wildman–Crippen LogP) is 0.885. The number of likely N-dealkylation sites (N-methyl/N-ethyl adjacent to an activating group) is 1. The molecule has 0 aromatic heterocycles. The van der Waals surface area contributed by atoms with Crippen molar-refractivity contribution >= 4 is 11.6 Å². The first-order valence-electron chi connectivity index (χ1n) is 7.02. The number of carbonyl (C=O) groups is 1. The van der Waals surface area contributed by atoms with Crippen molar-refractivity contribution in [2.75, 3.05) is 45.9 Å². The average molecular weight is 294 g/mol. The van der Waals surface area contributed by atoms with Gasteiger partial charge in [0.15, 0.2) is 0 Å². The first kappa shape index (κ1) is 15.8. The third-order valence-corrected chi connectivity index (χ3v) is 3.45. The number of methoxy groups -OCH3 is 1. The van der Waals surface area contributed by atoms with E-state index < -0.39 is 0 Å². The number of ether oxygens (including phenoxy) is 3. The maximum atomic E-state index is 12.3. The van der Waals surface area contributed by atoms with Crippen LogP contribution in [0.15, 0.2) is 24.3 Å². The average Bonchev–Trinajstić information content (AvgIpc) is 2.96. The smallest absolute Gasteiger partial charge is 0.231 e. The zero-order valence-electron chi connectivity index (χ0n) is 12.4. The molecule has 21 heavy (non-hydrogen) atoms. The van der Waals surface area contributed by atoms with E-state index in [1.807, 2.05) is 25.2 Å². The highest BCUT2D eigenvalue weighted by molar-refractivity contribution is 5.93. The summed E-state index contributed by atoms with van der Waals surface area (Å²) in [6, 6.07) is 7.40. The predicted molar refractivity (Wildman–Crippen MR) is 79.6 cm³/mol. The Kier molecular flexibility index (Phi) is 5.98. The molecule has 116 valence electrons. The number of hydrogen-bond acceptors (Lipinski definition) is 5. The van der Waals surface area contributed by atoms with Gasteiger partial charge in [-0.2, -0.15) is 0 Å². The highest BCUT2D eigenvalue weighted by Gasteiger charge is 2.32. The zero-order valence-corrected chi connectivity index (χ0v) is 12.4. The molecular weight excluding hydrogens is 272 g/mol. The van der Waals surface area contributed by atoms with E-state index in [9.17, 15) is 4.79 Å². The Balaban J connectivity index is 1.92. The maximum absolute atomic E-state index is 12.3. The third-order valence-electron chi connectivity index (χ3n) is 3.45. The van der Waals surface area contributed by atoms with E-state index >= 15 is 0 Å². The molecule has 1 aliphatic heterocycles. The van der Waals surface area contributed by atoms with Crippen LogP contribution in [0.1, 0.15) is 0 Å². The number of anilines is 1. The summed E-state index contributed by atoms with van der Waals surface area (Å²) >= 11 is 0. The lowest BCUT2D eigenvalue weighted by Gasteiger charge is -2.16. The van der Waals surface area contributed by atoms with Gasteiger partial charge < -0.3 is 24.8 Å². The fourth-order valence-electron chi connectivity index (χ4n) is 2.24. The molecule has 1 aromatic rings. The number of rotatable bonds is 7. The summed E-state index contributed by atoms with van der Waals surface area (Å²) in [5.74, 6) is 0.492. The second-order valence-electron chi connectivity index (χ2n) is 4.90. The first-order chi connectivity index (χ1) is 10.2. The van der Waals surface area contributed by atoms with E-state index in [-0.39, 0.29) is 17.9 Å². The van der Waals surface area contributed by atoms with Gasteiger partial charge in [-0.05, 0) is 19.2 Å². The second kappa shape index (κ2) is 7.97. The van der Waals surface area contributed by atoms with Gasteiger partial charge in [-0.3, -0.25) is 4.79 Å². The Labute approximate surface area is 124 Å². The SMILES string of the molecule is CNC1COCC1C(=O)Nc1cccc(OCCOC)c1. The lowest BCUT2D eigenvalue weighted by Crippen LogP contribution is -2.39. The van der Waals surface area contributed by atoms with Crippen molar-refractivity contribution in [1.82, 2.24) is 5.32 Å². The van der Waals surface area contributed by atoms with E-state index in [0.717, 1.165) is 5.69 Å². The van der Waals surface area contributed by atoms with Gasteiger partial charge in [-0.25, -0.2) is 0 Å². The zero-order chi connectivity index (χ0) is 15.1. The molecule has 1 amide bonds. The van der Waals surface area contributed by atoms with Crippen molar-refractivity contribution in [2.45, 2.75) is 6.04 Å². The minimum atomic E-state index is -0.173. The molecule has 0 bridgehead atoms. The molecule has 2 rings (SSSR count). The standard InChI is InChI=1S/C15H22N2O4/c1-16-14-10-20-9-13(14)15(18)17-11-4-3-5-12(8-11)21-7-6-19-2/h3-5,8,13-14,16H,6-7,9-10H2,1-2H3,(H,17,18). The summed E-state index contributed by atoms with van der Waals surface area (Å²) in [5.41, 5.74) is 0.719. The number of nitrogens with one attached hydrogen (secondary N) is 2. The van der Waals surface area contributed by atoms with Crippen molar-refractivity contribution in [3.63, 3.8) is 0 Å². The maximum Gasteiger partial charge on any atom is 0.231 e. The van der Waals surface area contributed by atoms with E-state index in [4.69, 9.17) is 14.2 Å². The van der Waals surface area contributed by atoms with Crippen LogP contribution in [-0.4, -0.2) is 52.5 Å². The number of carbonyl (C=O) groups excluding carboxylic acids is 1. The minimum Gasteiger partial charge on any atom is -0.491 e. The molecule has 6 nitrogen and oxygen atoms in total. The van der Waals surface area contributed by atoms with Crippen LogP contribution in [0.2, 0.25) is 0 Å². The topological polar surface area (TPSA) is 68.8 Å². The van der Waals surface area contributed by atoms with E-state index in [2.05, 4.69) is 10.6 Å². The molecule has 6 heteroatoms. The lowest BCUT2D eigenvalue weighted by molar-refractivity contribution is -0.120. The Hall–Kier alpha value is -1.63. The van der Waals surface area contributed by atoms with Gasteiger partial charge in [0, 0.05) is 24.9 Å². The Morgan fingerprint density at radius 3 is 3.00 bits per heavy atom. The molecule has 2 atom stereocenters. The summed E-state index contributed by atoms with van der Waals surface area (Å²) in [6.45, 7) is 2.02. The van der Waals surface area contributed by atoms with Crippen LogP contribution in [0.3, 0.4) is 0 Å². The van der Waals surface area contributed by atoms with Crippen LogP contribution in [0.25, 0.3) is 0 Å². The van der Waals surface area contributed by atoms with E-state index in [0.29, 0.717) is 32.2 Å². The molecule has 1 aromatic carbocycles. The molecule has 0 saturated carbocycles. The Bertz CT molecular complexity index is 467. The molecular formula is C15H22N2O4. The summed E-state index contributed by atoms with van der Waals surface area (Å²) in [6.07, 6.45) is 0. The highest BCUT2D eigenvalue weighted by atomic mass is 16.5. The van der Waals surface area contributed by atoms with Crippen LogP contribution >= 0.6 is 0 Å². The number of hydrogen-bond donors (Lipinski definition) is 2. The van der Waals surface area contributed by atoms with Gasteiger partial charge in [0.05, 0.1) is 25.7 Å². The highest BCUT2D eigenvalue weighted by Crippen LogP contribution is 2.20. The molecule has 1 heterocycles. The molecule has 0 spiro atoms. The number of amides is 1. The molecule has 1 saturated heterocycles. The van der Waals surface area contributed by atoms with Crippen LogP contribution in [0, 0.1) is 5.92 Å². The summed E-state index contributed by atoms with van der Waals surface area (Å²) in [5, 5.41) is 6.01. The van der Waals surface area contributed by atoms with Crippen LogP contribution in [-0.2, 0) is 14.3 Å². The molecule has 1 fully saturated rings. The normalized spacial score (nSPS) is 21.2. The quantitative estimate of drug-likeness (QED) is 0.731. The van der Waals surface area contributed by atoms with Crippen molar-refractivity contribution in [1.29, 1.82) is 0 Å². The van der Waals surface area contributed by atoms with Crippen LogP contribution < -0.4 is 15.4 Å². The van der Waals surface area contributed by atoms with Crippen molar-refractivity contribution in [2.24, 2.45) is 5.92 Å². The van der Waals surface area contributed by atoms with Crippen molar-refractivity contribution in [3.05, 3.63) is 24.3 Å². The molecule has 2 N–H and O–H groups in total. The largest absolute Gasteiger partial charge is 0.491 e. The molecule has 0 aliphatic carbocycles. The van der Waals surface area contributed by atoms with E-state index in [1.54, 1.807) is 13.2 Å². The fraction of sp³-hybridized carbons (Fsp3) is 0.533. The van der Waals surface area contributed by atoms with Crippen LogP contribution in [0.5, 0.6) is 5.75 Å². The minimum absolute atomic E-state index is 0.0408.